The third-order valence-electron chi connectivity index (χ3n) is 4.20. The lowest BCUT2D eigenvalue weighted by atomic mass is 9.98. The van der Waals surface area contributed by atoms with Gasteiger partial charge in [-0.25, -0.2) is 4.79 Å². The predicted molar refractivity (Wildman–Crippen MR) is 92.8 cm³/mol. The number of alkyl carbamates (subject to hydrolysis) is 1. The largest absolute Gasteiger partial charge is 0.444 e. The normalized spacial score (nSPS) is 17.2. The molecule has 25 heavy (non-hydrogen) atoms. The Labute approximate surface area is 148 Å². The zero-order valence-corrected chi connectivity index (χ0v) is 15.6. The van der Waals surface area contributed by atoms with Crippen molar-refractivity contribution in [3.63, 3.8) is 0 Å². The summed E-state index contributed by atoms with van der Waals surface area (Å²) in [5.74, 6) is 0.578. The summed E-state index contributed by atoms with van der Waals surface area (Å²) in [7, 11) is 0. The average Bonchev–Trinajstić information content (AvgIpc) is 3.03. The van der Waals surface area contributed by atoms with Gasteiger partial charge >= 0.3 is 6.09 Å². The van der Waals surface area contributed by atoms with E-state index in [9.17, 15) is 9.59 Å². The van der Waals surface area contributed by atoms with E-state index in [1.165, 1.54) is 0 Å². The molecular formula is C17H29N5O3. The number of aromatic nitrogens is 3. The first kappa shape index (κ1) is 19.2. The van der Waals surface area contributed by atoms with Crippen LogP contribution in [0.4, 0.5) is 4.79 Å². The topological polar surface area (TPSA) is 89.4 Å². The minimum atomic E-state index is -0.632. The Hall–Kier alpha value is -2.12. The Morgan fingerprint density at radius 3 is 2.56 bits per heavy atom. The highest BCUT2D eigenvalue weighted by Gasteiger charge is 2.29. The number of amides is 2. The summed E-state index contributed by atoms with van der Waals surface area (Å²) < 4.78 is 6.95. The number of ether oxygens (including phenoxy) is 1. The second-order valence-electron chi connectivity index (χ2n) is 7.66. The SMILES string of the molecule is CC1CCN(C(=O)C(CCn2ccnn2)NC(=O)OC(C)(C)C)CC1. The van der Waals surface area contributed by atoms with E-state index >= 15 is 0 Å². The number of hydrogen-bond acceptors (Lipinski definition) is 5. The fourth-order valence-corrected chi connectivity index (χ4v) is 2.77. The fourth-order valence-electron chi connectivity index (χ4n) is 2.77. The second kappa shape index (κ2) is 8.31. The second-order valence-corrected chi connectivity index (χ2v) is 7.66. The summed E-state index contributed by atoms with van der Waals surface area (Å²) >= 11 is 0. The molecule has 0 spiro atoms. The lowest BCUT2D eigenvalue weighted by Gasteiger charge is -2.33. The standard InChI is InChI=1S/C17H29N5O3/c1-13-5-9-21(10-6-13)15(23)14(7-11-22-12-8-18-20-22)19-16(24)25-17(2,3)4/h8,12-14H,5-7,9-11H2,1-4H3,(H,19,24). The van der Waals surface area contributed by atoms with Gasteiger partial charge in [0.15, 0.2) is 0 Å². The van der Waals surface area contributed by atoms with E-state index in [2.05, 4.69) is 22.6 Å². The zero-order chi connectivity index (χ0) is 18.4. The molecule has 1 aromatic heterocycles. The lowest BCUT2D eigenvalue weighted by molar-refractivity contribution is -0.135. The summed E-state index contributed by atoms with van der Waals surface area (Å²) in [6.07, 6.45) is 5.17. The summed E-state index contributed by atoms with van der Waals surface area (Å²) in [5.41, 5.74) is -0.607. The van der Waals surface area contributed by atoms with Crippen molar-refractivity contribution in [2.75, 3.05) is 13.1 Å². The van der Waals surface area contributed by atoms with Crippen LogP contribution in [0.15, 0.2) is 12.4 Å². The average molecular weight is 351 g/mol. The van der Waals surface area contributed by atoms with Gasteiger partial charge in [0, 0.05) is 25.8 Å². The number of likely N-dealkylation sites (tertiary alicyclic amines) is 1. The molecule has 2 heterocycles. The van der Waals surface area contributed by atoms with E-state index < -0.39 is 17.7 Å². The molecule has 8 nitrogen and oxygen atoms in total. The third kappa shape index (κ3) is 6.36. The summed E-state index contributed by atoms with van der Waals surface area (Å²) in [4.78, 5) is 26.8. The number of nitrogens with one attached hydrogen (secondary N) is 1. The minimum Gasteiger partial charge on any atom is -0.444 e. The molecule has 2 amide bonds. The Bertz CT molecular complexity index is 559. The predicted octanol–water partition coefficient (Wildman–Crippen LogP) is 1.82. The summed E-state index contributed by atoms with van der Waals surface area (Å²) in [6, 6.07) is -0.632. The first-order chi connectivity index (χ1) is 11.7. The number of nitrogens with zero attached hydrogens (tertiary/aromatic N) is 4. The van der Waals surface area contributed by atoms with Crippen molar-refractivity contribution in [3.8, 4) is 0 Å². The molecule has 2 rings (SSSR count). The van der Waals surface area contributed by atoms with E-state index in [1.807, 2.05) is 4.90 Å². The highest BCUT2D eigenvalue weighted by atomic mass is 16.6. The first-order valence-corrected chi connectivity index (χ1v) is 8.87. The number of carbonyl (C=O) groups is 2. The molecule has 8 heteroatoms. The van der Waals surface area contributed by atoms with Gasteiger partial charge in [-0.05, 0) is 46.0 Å². The fraction of sp³-hybridized carbons (Fsp3) is 0.765. The Morgan fingerprint density at radius 2 is 2.00 bits per heavy atom. The van der Waals surface area contributed by atoms with Crippen LogP contribution in [0.2, 0.25) is 0 Å². The van der Waals surface area contributed by atoms with Gasteiger partial charge in [0.05, 0.1) is 6.20 Å². The summed E-state index contributed by atoms with van der Waals surface area (Å²) in [6.45, 7) is 9.55. The van der Waals surface area contributed by atoms with Crippen molar-refractivity contribution in [2.24, 2.45) is 5.92 Å². The molecule has 0 radical (unpaired) electrons. The van der Waals surface area contributed by atoms with E-state index in [-0.39, 0.29) is 5.91 Å². The van der Waals surface area contributed by atoms with Crippen molar-refractivity contribution in [1.29, 1.82) is 0 Å². The zero-order valence-electron chi connectivity index (χ0n) is 15.6. The maximum absolute atomic E-state index is 12.9. The maximum atomic E-state index is 12.9. The van der Waals surface area contributed by atoms with Gasteiger partial charge in [0.2, 0.25) is 5.91 Å². The highest BCUT2D eigenvalue weighted by molar-refractivity contribution is 5.85. The van der Waals surface area contributed by atoms with E-state index in [4.69, 9.17) is 4.74 Å². The molecule has 0 bridgehead atoms. The van der Waals surface area contributed by atoms with Gasteiger partial charge in [-0.2, -0.15) is 0 Å². The van der Waals surface area contributed by atoms with Crippen LogP contribution in [0.5, 0.6) is 0 Å². The van der Waals surface area contributed by atoms with Gasteiger partial charge in [-0.3, -0.25) is 9.48 Å². The Morgan fingerprint density at radius 1 is 1.32 bits per heavy atom. The molecule has 1 saturated heterocycles. The van der Waals surface area contributed by atoms with Crippen LogP contribution in [0.3, 0.4) is 0 Å². The molecule has 1 aromatic rings. The number of rotatable bonds is 5. The smallest absolute Gasteiger partial charge is 0.408 e. The molecule has 1 unspecified atom stereocenters. The van der Waals surface area contributed by atoms with E-state index in [1.54, 1.807) is 37.8 Å². The molecule has 0 aromatic carbocycles. The molecular weight excluding hydrogens is 322 g/mol. The molecule has 1 aliphatic rings. The van der Waals surface area contributed by atoms with Crippen LogP contribution in [-0.2, 0) is 16.1 Å². The van der Waals surface area contributed by atoms with Crippen LogP contribution in [0, 0.1) is 5.92 Å². The maximum Gasteiger partial charge on any atom is 0.408 e. The number of hydrogen-bond donors (Lipinski definition) is 1. The van der Waals surface area contributed by atoms with E-state index in [0.717, 1.165) is 25.9 Å². The van der Waals surface area contributed by atoms with Gasteiger partial charge in [-0.1, -0.05) is 12.1 Å². The number of aryl methyl sites for hydroxylation is 1. The van der Waals surface area contributed by atoms with Crippen LogP contribution in [-0.4, -0.2) is 56.6 Å². The van der Waals surface area contributed by atoms with Gasteiger partial charge in [-0.15, -0.1) is 5.10 Å². The molecule has 1 aliphatic heterocycles. The third-order valence-corrected chi connectivity index (χ3v) is 4.20. The van der Waals surface area contributed by atoms with Gasteiger partial charge in [0.1, 0.15) is 11.6 Å². The first-order valence-electron chi connectivity index (χ1n) is 8.87. The van der Waals surface area contributed by atoms with Crippen LogP contribution < -0.4 is 5.32 Å². The quantitative estimate of drug-likeness (QED) is 0.874. The summed E-state index contributed by atoms with van der Waals surface area (Å²) in [5, 5.41) is 10.4. The van der Waals surface area contributed by atoms with Crippen molar-refractivity contribution in [2.45, 2.75) is 65.1 Å². The molecule has 0 aliphatic carbocycles. The van der Waals surface area contributed by atoms with Crippen LogP contribution in [0.1, 0.15) is 47.0 Å². The molecule has 1 atom stereocenters. The number of carbonyl (C=O) groups excluding carboxylic acids is 2. The van der Waals surface area contributed by atoms with Crippen LogP contribution in [0.25, 0.3) is 0 Å². The Balaban J connectivity index is 1.99. The van der Waals surface area contributed by atoms with Gasteiger partial charge in [0.25, 0.3) is 0 Å². The molecule has 140 valence electrons. The highest BCUT2D eigenvalue weighted by Crippen LogP contribution is 2.17. The Kier molecular flexibility index (Phi) is 6.39. The lowest BCUT2D eigenvalue weighted by Crippen LogP contribution is -2.51. The van der Waals surface area contributed by atoms with Crippen molar-refractivity contribution < 1.29 is 14.3 Å². The van der Waals surface area contributed by atoms with Crippen molar-refractivity contribution >= 4 is 12.0 Å². The van der Waals surface area contributed by atoms with Gasteiger partial charge < -0.3 is 15.0 Å². The molecule has 0 saturated carbocycles. The number of piperidine rings is 1. The van der Waals surface area contributed by atoms with Crippen molar-refractivity contribution in [3.05, 3.63) is 12.4 Å². The molecule has 1 fully saturated rings. The van der Waals surface area contributed by atoms with Crippen molar-refractivity contribution in [1.82, 2.24) is 25.2 Å². The van der Waals surface area contributed by atoms with Crippen LogP contribution >= 0.6 is 0 Å². The molecule has 1 N–H and O–H groups in total. The minimum absolute atomic E-state index is 0.0575. The monoisotopic (exact) mass is 351 g/mol. The van der Waals surface area contributed by atoms with E-state index in [0.29, 0.717) is 18.9 Å².